The number of amides is 1. The molecule has 0 saturated heterocycles. The van der Waals surface area contributed by atoms with Gasteiger partial charge in [0.15, 0.2) is 0 Å². The van der Waals surface area contributed by atoms with Crippen molar-refractivity contribution in [2.75, 3.05) is 6.61 Å². The van der Waals surface area contributed by atoms with E-state index in [1.807, 2.05) is 13.8 Å². The highest BCUT2D eigenvalue weighted by molar-refractivity contribution is 5.83. The maximum absolute atomic E-state index is 12.9. The largest absolute Gasteiger partial charge is 0.493 e. The molecule has 0 unspecified atom stereocenters. The van der Waals surface area contributed by atoms with E-state index in [0.717, 1.165) is 0 Å². The summed E-state index contributed by atoms with van der Waals surface area (Å²) in [6.45, 7) is 3.83. The van der Waals surface area contributed by atoms with Crippen molar-refractivity contribution in [1.82, 2.24) is 5.32 Å². The number of hydrogen-bond donors (Lipinski definition) is 2. The van der Waals surface area contributed by atoms with Crippen molar-refractivity contribution in [3.05, 3.63) is 30.1 Å². The Morgan fingerprint density at radius 3 is 2.67 bits per heavy atom. The number of aliphatic carboxylic acids is 1. The predicted octanol–water partition coefficient (Wildman–Crippen LogP) is 2.21. The molecule has 116 valence electrons. The van der Waals surface area contributed by atoms with Gasteiger partial charge in [-0.3, -0.25) is 4.79 Å². The quantitative estimate of drug-likeness (QED) is 0.771. The number of ether oxygens (including phenoxy) is 1. The number of carbonyl (C=O) groups is 2. The van der Waals surface area contributed by atoms with Crippen molar-refractivity contribution in [2.45, 2.75) is 32.7 Å². The number of halogens is 1. The number of carboxylic acids is 1. The van der Waals surface area contributed by atoms with Gasteiger partial charge in [-0.2, -0.15) is 0 Å². The van der Waals surface area contributed by atoms with Crippen molar-refractivity contribution < 1.29 is 23.8 Å². The van der Waals surface area contributed by atoms with Crippen LogP contribution >= 0.6 is 0 Å². The number of rotatable bonds is 8. The van der Waals surface area contributed by atoms with Gasteiger partial charge in [-0.25, -0.2) is 9.18 Å². The smallest absolute Gasteiger partial charge is 0.326 e. The van der Waals surface area contributed by atoms with Crippen LogP contribution in [-0.4, -0.2) is 29.6 Å². The molecule has 5 nitrogen and oxygen atoms in total. The number of benzene rings is 1. The SMILES string of the molecule is CC(C)C[C@H](NC(=O)CCOc1cccc(F)c1)C(=O)O. The summed E-state index contributed by atoms with van der Waals surface area (Å²) in [6, 6.07) is 4.71. The Balaban J connectivity index is 2.37. The van der Waals surface area contributed by atoms with E-state index < -0.39 is 23.7 Å². The first-order chi connectivity index (χ1) is 9.88. The van der Waals surface area contributed by atoms with Crippen LogP contribution in [0.1, 0.15) is 26.7 Å². The van der Waals surface area contributed by atoms with E-state index >= 15 is 0 Å². The normalized spacial score (nSPS) is 12.0. The van der Waals surface area contributed by atoms with E-state index in [-0.39, 0.29) is 18.9 Å². The topological polar surface area (TPSA) is 75.6 Å². The van der Waals surface area contributed by atoms with Gasteiger partial charge in [0.05, 0.1) is 13.0 Å². The Morgan fingerprint density at radius 2 is 2.10 bits per heavy atom. The number of carboxylic acid groups (broad SMARTS) is 1. The molecular formula is C15H20FNO4. The van der Waals surface area contributed by atoms with Crippen LogP contribution in [0.15, 0.2) is 24.3 Å². The average molecular weight is 297 g/mol. The van der Waals surface area contributed by atoms with Gasteiger partial charge in [0, 0.05) is 6.07 Å². The molecule has 0 heterocycles. The van der Waals surface area contributed by atoms with Gasteiger partial charge in [-0.1, -0.05) is 19.9 Å². The van der Waals surface area contributed by atoms with E-state index in [0.29, 0.717) is 12.2 Å². The first-order valence-corrected chi connectivity index (χ1v) is 6.79. The van der Waals surface area contributed by atoms with E-state index in [4.69, 9.17) is 9.84 Å². The van der Waals surface area contributed by atoms with Gasteiger partial charge in [0.1, 0.15) is 17.6 Å². The van der Waals surface area contributed by atoms with Crippen molar-refractivity contribution in [3.8, 4) is 5.75 Å². The highest BCUT2D eigenvalue weighted by Gasteiger charge is 2.20. The Labute approximate surface area is 123 Å². The minimum absolute atomic E-state index is 0.0123. The maximum Gasteiger partial charge on any atom is 0.326 e. The highest BCUT2D eigenvalue weighted by Crippen LogP contribution is 2.12. The lowest BCUT2D eigenvalue weighted by molar-refractivity contribution is -0.142. The molecule has 0 aliphatic heterocycles. The number of carbonyl (C=O) groups excluding carboxylic acids is 1. The molecule has 0 spiro atoms. The molecule has 0 aliphatic rings. The van der Waals surface area contributed by atoms with Crippen LogP contribution < -0.4 is 10.1 Å². The van der Waals surface area contributed by atoms with Crippen LogP contribution in [0.3, 0.4) is 0 Å². The molecule has 6 heteroatoms. The van der Waals surface area contributed by atoms with Crippen LogP contribution in [0.4, 0.5) is 4.39 Å². The molecule has 0 bridgehead atoms. The maximum atomic E-state index is 12.9. The van der Waals surface area contributed by atoms with E-state index in [2.05, 4.69) is 5.32 Å². The molecule has 0 radical (unpaired) electrons. The first-order valence-electron chi connectivity index (χ1n) is 6.79. The summed E-state index contributed by atoms with van der Waals surface area (Å²) in [5, 5.41) is 11.5. The van der Waals surface area contributed by atoms with Crippen molar-refractivity contribution in [3.63, 3.8) is 0 Å². The zero-order valence-electron chi connectivity index (χ0n) is 12.1. The monoisotopic (exact) mass is 297 g/mol. The molecule has 1 rings (SSSR count). The average Bonchev–Trinajstić information content (AvgIpc) is 2.37. The predicted molar refractivity (Wildman–Crippen MR) is 75.5 cm³/mol. The van der Waals surface area contributed by atoms with Gasteiger partial charge in [-0.15, -0.1) is 0 Å². The van der Waals surface area contributed by atoms with Crippen molar-refractivity contribution >= 4 is 11.9 Å². The fourth-order valence-electron chi connectivity index (χ4n) is 1.78. The Bertz CT molecular complexity index is 490. The third-order valence-corrected chi connectivity index (χ3v) is 2.73. The van der Waals surface area contributed by atoms with Crippen LogP contribution in [0, 0.1) is 11.7 Å². The van der Waals surface area contributed by atoms with Crippen molar-refractivity contribution in [1.29, 1.82) is 0 Å². The van der Waals surface area contributed by atoms with E-state index in [9.17, 15) is 14.0 Å². The third-order valence-electron chi connectivity index (χ3n) is 2.73. The summed E-state index contributed by atoms with van der Waals surface area (Å²) in [4.78, 5) is 22.7. The summed E-state index contributed by atoms with van der Waals surface area (Å²) in [6.07, 6.45) is 0.379. The lowest BCUT2D eigenvalue weighted by Gasteiger charge is -2.16. The number of hydrogen-bond acceptors (Lipinski definition) is 3. The summed E-state index contributed by atoms with van der Waals surface area (Å²) in [5.74, 6) is -1.38. The molecule has 1 amide bonds. The second-order valence-electron chi connectivity index (χ2n) is 5.14. The molecular weight excluding hydrogens is 277 g/mol. The fraction of sp³-hybridized carbons (Fsp3) is 0.467. The zero-order valence-corrected chi connectivity index (χ0v) is 12.1. The molecule has 1 aromatic rings. The lowest BCUT2D eigenvalue weighted by atomic mass is 10.0. The molecule has 0 aromatic heterocycles. The van der Waals surface area contributed by atoms with Crippen LogP contribution in [0.25, 0.3) is 0 Å². The van der Waals surface area contributed by atoms with Crippen molar-refractivity contribution in [2.24, 2.45) is 5.92 Å². The van der Waals surface area contributed by atoms with Gasteiger partial charge in [0.25, 0.3) is 0 Å². The molecule has 0 aliphatic carbocycles. The number of nitrogens with one attached hydrogen (secondary N) is 1. The van der Waals surface area contributed by atoms with Crippen LogP contribution in [-0.2, 0) is 9.59 Å². The second kappa shape index (κ2) is 8.24. The second-order valence-corrected chi connectivity index (χ2v) is 5.14. The molecule has 0 saturated carbocycles. The summed E-state index contributed by atoms with van der Waals surface area (Å²) >= 11 is 0. The van der Waals surface area contributed by atoms with E-state index in [1.165, 1.54) is 18.2 Å². The Morgan fingerprint density at radius 1 is 1.38 bits per heavy atom. The highest BCUT2D eigenvalue weighted by atomic mass is 19.1. The Kier molecular flexibility index (Phi) is 6.65. The van der Waals surface area contributed by atoms with Gasteiger partial charge in [-0.05, 0) is 24.5 Å². The van der Waals surface area contributed by atoms with Gasteiger partial charge >= 0.3 is 5.97 Å². The fourth-order valence-corrected chi connectivity index (χ4v) is 1.78. The lowest BCUT2D eigenvalue weighted by Crippen LogP contribution is -2.42. The van der Waals surface area contributed by atoms with E-state index in [1.54, 1.807) is 6.07 Å². The molecule has 2 N–H and O–H groups in total. The van der Waals surface area contributed by atoms with Crippen LogP contribution in [0.2, 0.25) is 0 Å². The van der Waals surface area contributed by atoms with Crippen LogP contribution in [0.5, 0.6) is 5.75 Å². The first kappa shape index (κ1) is 16.9. The minimum atomic E-state index is -1.05. The summed E-state index contributed by atoms with van der Waals surface area (Å²) in [7, 11) is 0. The zero-order chi connectivity index (χ0) is 15.8. The van der Waals surface area contributed by atoms with Gasteiger partial charge < -0.3 is 15.2 Å². The molecule has 1 atom stereocenters. The molecule has 0 fully saturated rings. The summed E-state index contributed by atoms with van der Waals surface area (Å²) in [5.41, 5.74) is 0. The minimum Gasteiger partial charge on any atom is -0.493 e. The summed E-state index contributed by atoms with van der Waals surface area (Å²) < 4.78 is 18.1. The van der Waals surface area contributed by atoms with Gasteiger partial charge in [0.2, 0.25) is 5.91 Å². The Hall–Kier alpha value is -2.11. The molecule has 1 aromatic carbocycles. The standard InChI is InChI=1S/C15H20FNO4/c1-10(2)8-13(15(19)20)17-14(18)6-7-21-12-5-3-4-11(16)9-12/h3-5,9-10,13H,6-8H2,1-2H3,(H,17,18)(H,19,20)/t13-/m0/s1. The third kappa shape index (κ3) is 6.74. The molecule has 21 heavy (non-hydrogen) atoms.